The van der Waals surface area contributed by atoms with Crippen LogP contribution in [0.4, 0.5) is 0 Å². The zero-order valence-corrected chi connectivity index (χ0v) is 10.6. The van der Waals surface area contributed by atoms with Gasteiger partial charge in [-0.3, -0.25) is 9.59 Å². The third-order valence-corrected chi connectivity index (χ3v) is 3.14. The van der Waals surface area contributed by atoms with Crippen LogP contribution in [0.1, 0.15) is 5.56 Å². The molecule has 0 saturated carbocycles. The lowest BCUT2D eigenvalue weighted by Gasteiger charge is -2.01. The van der Waals surface area contributed by atoms with Crippen molar-refractivity contribution in [1.29, 1.82) is 0 Å². The second-order valence-electron chi connectivity index (χ2n) is 4.51. The van der Waals surface area contributed by atoms with E-state index in [1.807, 2.05) is 42.5 Å². The third-order valence-electron chi connectivity index (χ3n) is 3.14. The molecule has 1 aromatic heterocycles. The summed E-state index contributed by atoms with van der Waals surface area (Å²) in [6.45, 7) is 3.52. The second kappa shape index (κ2) is 4.66. The van der Waals surface area contributed by atoms with Crippen LogP contribution in [0, 0.1) is 0 Å². The molecular formula is C16H12N2O2. The molecule has 20 heavy (non-hydrogen) atoms. The SMILES string of the molecule is C=c1[nH]c(=O)c(=Cc2cccc3ccccc23)c(=O)[nH]1. The third kappa shape index (κ3) is 2.07. The van der Waals surface area contributed by atoms with Crippen LogP contribution in [0.15, 0.2) is 52.1 Å². The number of nitrogens with one attached hydrogen (secondary N) is 2. The maximum Gasteiger partial charge on any atom is 0.262 e. The molecule has 1 heterocycles. The summed E-state index contributed by atoms with van der Waals surface area (Å²) in [5.74, 6) is 0. The molecule has 3 aromatic rings. The summed E-state index contributed by atoms with van der Waals surface area (Å²) in [7, 11) is 0. The van der Waals surface area contributed by atoms with Crippen molar-refractivity contribution < 1.29 is 0 Å². The van der Waals surface area contributed by atoms with Gasteiger partial charge in [0.25, 0.3) is 11.1 Å². The lowest BCUT2D eigenvalue weighted by molar-refractivity contribution is 0.993. The quantitative estimate of drug-likeness (QED) is 0.670. The summed E-state index contributed by atoms with van der Waals surface area (Å²) >= 11 is 0. The van der Waals surface area contributed by atoms with Crippen LogP contribution in [0.5, 0.6) is 0 Å². The summed E-state index contributed by atoms with van der Waals surface area (Å²) < 4.78 is 0. The number of fused-ring (bicyclic) bond motifs is 1. The standard InChI is InChI=1S/C16H12N2O2/c1-10-17-15(19)14(16(20)18-10)9-12-7-4-6-11-5-2-3-8-13(11)12/h2-9H,1H2,(H,17,19)(H,18,20). The predicted molar refractivity (Wildman–Crippen MR) is 80.0 cm³/mol. The fourth-order valence-corrected chi connectivity index (χ4v) is 2.21. The Morgan fingerprint density at radius 2 is 1.55 bits per heavy atom. The highest BCUT2D eigenvalue weighted by molar-refractivity contribution is 5.90. The van der Waals surface area contributed by atoms with E-state index in [1.165, 1.54) is 0 Å². The van der Waals surface area contributed by atoms with Crippen molar-refractivity contribution in [3.63, 3.8) is 0 Å². The first kappa shape index (κ1) is 12.2. The highest BCUT2D eigenvalue weighted by Crippen LogP contribution is 2.18. The molecule has 0 amide bonds. The molecule has 0 unspecified atom stereocenters. The van der Waals surface area contributed by atoms with E-state index < -0.39 is 11.1 Å². The molecule has 4 nitrogen and oxygen atoms in total. The molecule has 0 saturated heterocycles. The molecule has 0 atom stereocenters. The molecule has 2 aromatic carbocycles. The Morgan fingerprint density at radius 3 is 2.30 bits per heavy atom. The Labute approximate surface area is 113 Å². The molecule has 0 aliphatic rings. The van der Waals surface area contributed by atoms with E-state index >= 15 is 0 Å². The Balaban J connectivity index is 2.40. The van der Waals surface area contributed by atoms with Gasteiger partial charge in [-0.15, -0.1) is 0 Å². The molecule has 0 radical (unpaired) electrons. The van der Waals surface area contributed by atoms with E-state index in [1.54, 1.807) is 6.08 Å². The molecular weight excluding hydrogens is 252 g/mol. The van der Waals surface area contributed by atoms with Gasteiger partial charge in [0.1, 0.15) is 10.7 Å². The van der Waals surface area contributed by atoms with Crippen LogP contribution in [0.3, 0.4) is 0 Å². The minimum Gasteiger partial charge on any atom is -0.308 e. The molecule has 0 aliphatic heterocycles. The van der Waals surface area contributed by atoms with Crippen LogP contribution in [0.25, 0.3) is 23.4 Å². The van der Waals surface area contributed by atoms with Crippen molar-refractivity contribution in [2.75, 3.05) is 0 Å². The molecule has 3 rings (SSSR count). The van der Waals surface area contributed by atoms with Crippen molar-refractivity contribution in [3.05, 3.63) is 79.4 Å². The topological polar surface area (TPSA) is 65.7 Å². The zero-order chi connectivity index (χ0) is 14.1. The maximum atomic E-state index is 11.9. The van der Waals surface area contributed by atoms with E-state index in [2.05, 4.69) is 16.5 Å². The van der Waals surface area contributed by atoms with E-state index in [0.717, 1.165) is 16.3 Å². The number of H-pyrrole nitrogens is 2. The number of aromatic nitrogens is 2. The first-order valence-electron chi connectivity index (χ1n) is 6.16. The molecule has 0 spiro atoms. The Kier molecular flexibility index (Phi) is 2.84. The number of aromatic amines is 2. The molecule has 0 aliphatic carbocycles. The monoisotopic (exact) mass is 264 g/mol. The lowest BCUT2D eigenvalue weighted by atomic mass is 10.0. The van der Waals surface area contributed by atoms with Crippen LogP contribution < -0.4 is 21.8 Å². The van der Waals surface area contributed by atoms with Gasteiger partial charge in [0.05, 0.1) is 0 Å². The van der Waals surface area contributed by atoms with Crippen molar-refractivity contribution in [1.82, 2.24) is 9.97 Å². The summed E-state index contributed by atoms with van der Waals surface area (Å²) in [5.41, 5.74) is 0.157. The minimum atomic E-state index is -0.438. The highest BCUT2D eigenvalue weighted by Gasteiger charge is 2.00. The van der Waals surface area contributed by atoms with Gasteiger partial charge in [0.2, 0.25) is 0 Å². The Hall–Kier alpha value is -2.88. The molecule has 4 heteroatoms. The van der Waals surface area contributed by atoms with Gasteiger partial charge in [0, 0.05) is 0 Å². The first-order valence-corrected chi connectivity index (χ1v) is 6.16. The van der Waals surface area contributed by atoms with Gasteiger partial charge >= 0.3 is 0 Å². The fraction of sp³-hybridized carbons (Fsp3) is 0. The van der Waals surface area contributed by atoms with Crippen LogP contribution in [-0.4, -0.2) is 9.97 Å². The number of benzene rings is 2. The van der Waals surface area contributed by atoms with Crippen molar-refractivity contribution >= 4 is 23.4 Å². The smallest absolute Gasteiger partial charge is 0.262 e. The molecule has 98 valence electrons. The van der Waals surface area contributed by atoms with Gasteiger partial charge < -0.3 is 9.97 Å². The number of hydrogen-bond acceptors (Lipinski definition) is 2. The van der Waals surface area contributed by atoms with Gasteiger partial charge in [-0.25, -0.2) is 0 Å². The van der Waals surface area contributed by atoms with Crippen molar-refractivity contribution in [2.24, 2.45) is 0 Å². The molecule has 0 fully saturated rings. The largest absolute Gasteiger partial charge is 0.308 e. The normalized spacial score (nSPS) is 10.6. The minimum absolute atomic E-state index is 0.0775. The zero-order valence-electron chi connectivity index (χ0n) is 10.6. The molecule has 0 bridgehead atoms. The van der Waals surface area contributed by atoms with Gasteiger partial charge in [0.15, 0.2) is 0 Å². The highest BCUT2D eigenvalue weighted by atomic mass is 16.1. The van der Waals surface area contributed by atoms with Gasteiger partial charge in [-0.1, -0.05) is 49.0 Å². The lowest BCUT2D eigenvalue weighted by Crippen LogP contribution is -2.47. The number of rotatable bonds is 1. The summed E-state index contributed by atoms with van der Waals surface area (Å²) in [6, 6.07) is 13.6. The fourth-order valence-electron chi connectivity index (χ4n) is 2.21. The van der Waals surface area contributed by atoms with Crippen LogP contribution in [-0.2, 0) is 0 Å². The summed E-state index contributed by atoms with van der Waals surface area (Å²) in [6.07, 6.45) is 1.60. The Morgan fingerprint density at radius 1 is 0.900 bits per heavy atom. The summed E-state index contributed by atoms with van der Waals surface area (Å²) in [5, 5.41) is 2.13. The van der Waals surface area contributed by atoms with Crippen LogP contribution >= 0.6 is 0 Å². The summed E-state index contributed by atoms with van der Waals surface area (Å²) in [4.78, 5) is 28.7. The van der Waals surface area contributed by atoms with Crippen molar-refractivity contribution in [3.8, 4) is 0 Å². The van der Waals surface area contributed by atoms with E-state index in [4.69, 9.17) is 0 Å². The van der Waals surface area contributed by atoms with Gasteiger partial charge in [-0.2, -0.15) is 0 Å². The average Bonchev–Trinajstić information content (AvgIpc) is 2.43. The predicted octanol–water partition coefficient (Wildman–Crippen LogP) is 0.455. The first-order chi connectivity index (χ1) is 9.65. The van der Waals surface area contributed by atoms with E-state index in [9.17, 15) is 9.59 Å². The van der Waals surface area contributed by atoms with E-state index in [0.29, 0.717) is 0 Å². The van der Waals surface area contributed by atoms with E-state index in [-0.39, 0.29) is 10.7 Å². The second-order valence-corrected chi connectivity index (χ2v) is 4.51. The van der Waals surface area contributed by atoms with Gasteiger partial charge in [-0.05, 0) is 22.4 Å². The van der Waals surface area contributed by atoms with Crippen molar-refractivity contribution in [2.45, 2.75) is 0 Å². The number of hydrogen-bond donors (Lipinski definition) is 2. The maximum absolute atomic E-state index is 11.9. The average molecular weight is 264 g/mol. The Bertz CT molecular complexity index is 970. The molecule has 2 N–H and O–H groups in total. The van der Waals surface area contributed by atoms with Crippen LogP contribution in [0.2, 0.25) is 0 Å².